The lowest BCUT2D eigenvalue weighted by molar-refractivity contribution is -0.118. The second-order valence-corrected chi connectivity index (χ2v) is 9.68. The van der Waals surface area contributed by atoms with Gasteiger partial charge in [0.05, 0.1) is 23.8 Å². The van der Waals surface area contributed by atoms with Crippen molar-refractivity contribution in [2.24, 2.45) is 5.92 Å². The molecule has 0 unspecified atom stereocenters. The number of para-hydroxylation sites is 2. The molecule has 2 aromatic rings. The summed E-state index contributed by atoms with van der Waals surface area (Å²) in [6, 6.07) is 11.1. The van der Waals surface area contributed by atoms with E-state index in [2.05, 4.69) is 10.6 Å². The predicted octanol–water partition coefficient (Wildman–Crippen LogP) is 1.81. The number of sulfonamides is 1. The van der Waals surface area contributed by atoms with Gasteiger partial charge in [-0.3, -0.25) is 9.59 Å². The highest BCUT2D eigenvalue weighted by Gasteiger charge is 2.28. The Balaban J connectivity index is 1.76. The monoisotopic (exact) mass is 461 g/mol. The Morgan fingerprint density at radius 2 is 1.75 bits per heavy atom. The van der Waals surface area contributed by atoms with Crippen LogP contribution in [0.2, 0.25) is 0 Å². The molecule has 1 aliphatic rings. The lowest BCUT2D eigenvalue weighted by Crippen LogP contribution is -2.47. The fourth-order valence-electron chi connectivity index (χ4n) is 3.28. The normalized spacial score (nSPS) is 15.8. The van der Waals surface area contributed by atoms with Crippen molar-refractivity contribution in [3.8, 4) is 5.75 Å². The van der Waals surface area contributed by atoms with Crippen LogP contribution >= 0.6 is 0 Å². The van der Waals surface area contributed by atoms with Crippen LogP contribution in [0.3, 0.4) is 0 Å². The molecule has 0 radical (unpaired) electrons. The molecular formula is C22H27N3O6S. The highest BCUT2D eigenvalue weighted by Crippen LogP contribution is 2.22. The molecule has 0 aliphatic carbocycles. The van der Waals surface area contributed by atoms with Crippen LogP contribution in [0.25, 0.3) is 0 Å². The van der Waals surface area contributed by atoms with E-state index >= 15 is 0 Å². The van der Waals surface area contributed by atoms with Crippen molar-refractivity contribution in [1.82, 2.24) is 9.62 Å². The second kappa shape index (κ2) is 10.1. The molecule has 1 saturated heterocycles. The minimum atomic E-state index is -3.76. The number of phenolic OH excluding ortho intramolecular Hbond substituents is 1. The molecule has 2 amide bonds. The quantitative estimate of drug-likeness (QED) is 0.540. The van der Waals surface area contributed by atoms with Gasteiger partial charge < -0.3 is 20.5 Å². The van der Waals surface area contributed by atoms with Crippen LogP contribution in [0, 0.1) is 5.92 Å². The summed E-state index contributed by atoms with van der Waals surface area (Å²) < 4.78 is 32.3. The van der Waals surface area contributed by atoms with E-state index in [9.17, 15) is 23.1 Å². The van der Waals surface area contributed by atoms with Gasteiger partial charge in [-0.2, -0.15) is 4.31 Å². The molecule has 3 rings (SSSR count). The van der Waals surface area contributed by atoms with E-state index in [0.717, 1.165) is 0 Å². The Hall–Kier alpha value is -2.95. The Bertz CT molecular complexity index is 1080. The first-order valence-electron chi connectivity index (χ1n) is 10.3. The maximum absolute atomic E-state index is 12.9. The molecule has 3 N–H and O–H groups in total. The van der Waals surface area contributed by atoms with Gasteiger partial charge in [-0.1, -0.05) is 32.0 Å². The first kappa shape index (κ1) is 23.7. The molecule has 1 fully saturated rings. The lowest BCUT2D eigenvalue weighted by Gasteiger charge is -2.26. The third-order valence-electron chi connectivity index (χ3n) is 5.10. The van der Waals surface area contributed by atoms with E-state index < -0.39 is 27.9 Å². The topological polar surface area (TPSA) is 125 Å². The van der Waals surface area contributed by atoms with Crippen molar-refractivity contribution in [3.63, 3.8) is 0 Å². The van der Waals surface area contributed by atoms with E-state index in [4.69, 9.17) is 4.74 Å². The first-order valence-corrected chi connectivity index (χ1v) is 11.7. The Morgan fingerprint density at radius 3 is 2.41 bits per heavy atom. The third kappa shape index (κ3) is 5.45. The van der Waals surface area contributed by atoms with Gasteiger partial charge >= 0.3 is 0 Å². The SMILES string of the molecule is CC(C)[C@H](NC(=O)c1cccc(S(=O)(=O)N2CCOCC2)c1)C(=O)Nc1ccccc1O. The molecule has 0 bridgehead atoms. The number of anilines is 1. The number of aromatic hydroxyl groups is 1. The van der Waals surface area contributed by atoms with E-state index in [0.29, 0.717) is 13.2 Å². The van der Waals surface area contributed by atoms with Crippen LogP contribution in [-0.2, 0) is 19.6 Å². The van der Waals surface area contributed by atoms with Gasteiger partial charge in [-0.15, -0.1) is 0 Å². The maximum Gasteiger partial charge on any atom is 0.251 e. The summed E-state index contributed by atoms with van der Waals surface area (Å²) in [4.78, 5) is 25.6. The van der Waals surface area contributed by atoms with E-state index in [1.54, 1.807) is 32.0 Å². The molecule has 1 atom stereocenters. The number of phenols is 1. The molecule has 1 heterocycles. The average molecular weight is 462 g/mol. The second-order valence-electron chi connectivity index (χ2n) is 7.75. The molecule has 9 nitrogen and oxygen atoms in total. The van der Waals surface area contributed by atoms with E-state index in [1.165, 1.54) is 34.6 Å². The summed E-state index contributed by atoms with van der Waals surface area (Å²) >= 11 is 0. The Kier molecular flexibility index (Phi) is 7.49. The van der Waals surface area contributed by atoms with Crippen LogP contribution in [0.15, 0.2) is 53.4 Å². The summed E-state index contributed by atoms with van der Waals surface area (Å²) in [6.45, 7) is 4.69. The standard InChI is InChI=1S/C22H27N3O6S/c1-15(2)20(22(28)23-18-8-3-4-9-19(18)26)24-21(27)16-6-5-7-17(14-16)32(29,30)25-10-12-31-13-11-25/h3-9,14-15,20,26H,10-13H2,1-2H3,(H,23,28)(H,24,27)/t20-/m0/s1. The van der Waals surface area contributed by atoms with Crippen LogP contribution in [0.1, 0.15) is 24.2 Å². The van der Waals surface area contributed by atoms with Crippen LogP contribution in [0.5, 0.6) is 5.75 Å². The van der Waals surface area contributed by atoms with Crippen molar-refractivity contribution < 1.29 is 27.9 Å². The number of carbonyl (C=O) groups is 2. The molecule has 0 saturated carbocycles. The lowest BCUT2D eigenvalue weighted by atomic mass is 10.0. The first-order chi connectivity index (χ1) is 15.2. The number of hydrogen-bond acceptors (Lipinski definition) is 6. The summed E-state index contributed by atoms with van der Waals surface area (Å²) in [5, 5.41) is 15.2. The molecule has 2 aromatic carbocycles. The van der Waals surface area contributed by atoms with Crippen LogP contribution < -0.4 is 10.6 Å². The predicted molar refractivity (Wildman–Crippen MR) is 119 cm³/mol. The highest BCUT2D eigenvalue weighted by molar-refractivity contribution is 7.89. The average Bonchev–Trinajstić information content (AvgIpc) is 2.79. The van der Waals surface area contributed by atoms with Crippen LogP contribution in [-0.4, -0.2) is 62.0 Å². The zero-order valence-electron chi connectivity index (χ0n) is 17.9. The molecule has 172 valence electrons. The smallest absolute Gasteiger partial charge is 0.251 e. The van der Waals surface area contributed by atoms with Crippen molar-refractivity contribution in [2.75, 3.05) is 31.6 Å². The summed E-state index contributed by atoms with van der Waals surface area (Å²) in [5.41, 5.74) is 0.358. The number of hydrogen-bond donors (Lipinski definition) is 3. The fraction of sp³-hybridized carbons (Fsp3) is 0.364. The molecule has 1 aliphatic heterocycles. The molecule has 0 aromatic heterocycles. The Labute approximate surface area is 187 Å². The number of morpholine rings is 1. The fourth-order valence-corrected chi connectivity index (χ4v) is 4.74. The van der Waals surface area contributed by atoms with Gasteiger partial charge in [0.25, 0.3) is 5.91 Å². The zero-order valence-corrected chi connectivity index (χ0v) is 18.8. The number of amides is 2. The van der Waals surface area contributed by atoms with Crippen molar-refractivity contribution in [2.45, 2.75) is 24.8 Å². The van der Waals surface area contributed by atoms with Gasteiger partial charge in [0.15, 0.2) is 0 Å². The van der Waals surface area contributed by atoms with Gasteiger partial charge in [-0.05, 0) is 36.2 Å². The van der Waals surface area contributed by atoms with Gasteiger partial charge in [0.2, 0.25) is 15.9 Å². The number of benzene rings is 2. The zero-order chi connectivity index (χ0) is 23.3. The maximum atomic E-state index is 12.9. The number of ether oxygens (including phenoxy) is 1. The minimum Gasteiger partial charge on any atom is -0.506 e. The Morgan fingerprint density at radius 1 is 1.06 bits per heavy atom. The molecule has 0 spiro atoms. The third-order valence-corrected chi connectivity index (χ3v) is 7.00. The number of rotatable bonds is 7. The summed E-state index contributed by atoms with van der Waals surface area (Å²) in [5.74, 6) is -1.41. The van der Waals surface area contributed by atoms with Gasteiger partial charge in [0, 0.05) is 18.7 Å². The molecular weight excluding hydrogens is 434 g/mol. The number of nitrogens with zero attached hydrogens (tertiary/aromatic N) is 1. The van der Waals surface area contributed by atoms with Crippen molar-refractivity contribution in [3.05, 3.63) is 54.1 Å². The number of nitrogens with one attached hydrogen (secondary N) is 2. The van der Waals surface area contributed by atoms with E-state index in [1.807, 2.05) is 0 Å². The van der Waals surface area contributed by atoms with Gasteiger partial charge in [0.1, 0.15) is 11.8 Å². The molecule has 10 heteroatoms. The summed E-state index contributed by atoms with van der Waals surface area (Å²) in [7, 11) is -3.76. The van der Waals surface area contributed by atoms with Crippen molar-refractivity contribution >= 4 is 27.5 Å². The largest absolute Gasteiger partial charge is 0.506 e. The van der Waals surface area contributed by atoms with Crippen LogP contribution in [0.4, 0.5) is 5.69 Å². The minimum absolute atomic E-state index is 0.00630. The highest BCUT2D eigenvalue weighted by atomic mass is 32.2. The number of carbonyl (C=O) groups excluding carboxylic acids is 2. The summed E-state index contributed by atoms with van der Waals surface area (Å²) in [6.07, 6.45) is 0. The van der Waals surface area contributed by atoms with E-state index in [-0.39, 0.29) is 40.9 Å². The van der Waals surface area contributed by atoms with Gasteiger partial charge in [-0.25, -0.2) is 8.42 Å². The molecule has 32 heavy (non-hydrogen) atoms. The van der Waals surface area contributed by atoms with Crippen molar-refractivity contribution in [1.29, 1.82) is 0 Å².